The minimum atomic E-state index is -3.36. The van der Waals surface area contributed by atoms with Crippen molar-refractivity contribution in [1.29, 1.82) is 0 Å². The fourth-order valence-electron chi connectivity index (χ4n) is 4.16. The lowest BCUT2D eigenvalue weighted by atomic mass is 10.0. The van der Waals surface area contributed by atoms with Gasteiger partial charge >= 0.3 is 0 Å². The van der Waals surface area contributed by atoms with Gasteiger partial charge in [0.15, 0.2) is 0 Å². The van der Waals surface area contributed by atoms with E-state index in [1.807, 2.05) is 49.6 Å². The number of nitrogens with one attached hydrogen (secondary N) is 1. The van der Waals surface area contributed by atoms with Crippen LogP contribution in [0.3, 0.4) is 0 Å². The second-order valence-electron chi connectivity index (χ2n) is 7.47. The van der Waals surface area contributed by atoms with Crippen LogP contribution in [0.5, 0.6) is 0 Å². The molecule has 1 saturated heterocycles. The van der Waals surface area contributed by atoms with Gasteiger partial charge < -0.3 is 9.88 Å². The quantitative estimate of drug-likeness (QED) is 0.877. The Hall–Kier alpha value is -2.12. The first-order valence-corrected chi connectivity index (χ1v) is 11.0. The molecule has 7 heteroatoms. The van der Waals surface area contributed by atoms with Crippen LogP contribution in [0, 0.1) is 5.92 Å². The molecular weight excluding hydrogens is 360 g/mol. The van der Waals surface area contributed by atoms with Gasteiger partial charge in [-0.2, -0.15) is 4.31 Å². The fourth-order valence-corrected chi connectivity index (χ4v) is 6.19. The Morgan fingerprint density at radius 1 is 1.26 bits per heavy atom. The smallest absolute Gasteiger partial charge is 0.221 e. The standard InChI is InChI=1S/C20H26N4O2S/c1-15-6-3-4-8-19(15)27(25,26)24-13-5-7-16(14-24)23(2)18-10-12-22-20-17(18)9-11-21-20/h3-4,6,8-12,15-16,19H,5,7,13-14H2,1-2H3,(H,21,22)/t15?,16-,19?/m1/s1. The minimum Gasteiger partial charge on any atom is -0.370 e. The van der Waals surface area contributed by atoms with Crippen LogP contribution >= 0.6 is 0 Å². The van der Waals surface area contributed by atoms with Gasteiger partial charge in [-0.05, 0) is 30.9 Å². The molecule has 3 atom stereocenters. The zero-order valence-electron chi connectivity index (χ0n) is 15.7. The third-order valence-corrected chi connectivity index (χ3v) is 8.10. The molecule has 0 amide bonds. The molecule has 3 heterocycles. The number of H-pyrrole nitrogens is 1. The van der Waals surface area contributed by atoms with Gasteiger partial charge in [0.05, 0.1) is 5.25 Å². The van der Waals surface area contributed by atoms with Crippen LogP contribution in [0.25, 0.3) is 11.0 Å². The molecule has 2 aromatic heterocycles. The van der Waals surface area contributed by atoms with Gasteiger partial charge in [-0.25, -0.2) is 13.4 Å². The summed E-state index contributed by atoms with van der Waals surface area (Å²) in [6.07, 6.45) is 13.1. The largest absolute Gasteiger partial charge is 0.370 e. The van der Waals surface area contributed by atoms with Gasteiger partial charge in [-0.1, -0.05) is 31.2 Å². The Kier molecular flexibility index (Phi) is 4.82. The Morgan fingerprint density at radius 3 is 2.89 bits per heavy atom. The van der Waals surface area contributed by atoms with Crippen LogP contribution in [0.15, 0.2) is 48.8 Å². The van der Waals surface area contributed by atoms with Gasteiger partial charge in [0, 0.05) is 49.6 Å². The van der Waals surface area contributed by atoms with Crippen LogP contribution in [0.1, 0.15) is 19.8 Å². The maximum Gasteiger partial charge on any atom is 0.221 e. The second-order valence-corrected chi connectivity index (χ2v) is 9.56. The average Bonchev–Trinajstić information content (AvgIpc) is 3.16. The van der Waals surface area contributed by atoms with E-state index in [4.69, 9.17) is 0 Å². The molecule has 0 radical (unpaired) electrons. The zero-order valence-corrected chi connectivity index (χ0v) is 16.6. The number of pyridine rings is 1. The van der Waals surface area contributed by atoms with Gasteiger partial charge in [0.1, 0.15) is 5.65 Å². The molecule has 2 aliphatic rings. The first-order chi connectivity index (χ1) is 13.0. The summed E-state index contributed by atoms with van der Waals surface area (Å²) in [5, 5.41) is 0.595. The predicted octanol–water partition coefficient (Wildman–Crippen LogP) is 2.92. The first-order valence-electron chi connectivity index (χ1n) is 9.47. The lowest BCUT2D eigenvalue weighted by Gasteiger charge is -2.39. The van der Waals surface area contributed by atoms with Crippen molar-refractivity contribution in [3.63, 3.8) is 0 Å². The van der Waals surface area contributed by atoms with Gasteiger partial charge in [-0.15, -0.1) is 0 Å². The maximum absolute atomic E-state index is 13.2. The van der Waals surface area contributed by atoms with E-state index in [1.54, 1.807) is 10.5 Å². The van der Waals surface area contributed by atoms with Gasteiger partial charge in [-0.3, -0.25) is 0 Å². The molecule has 0 aromatic carbocycles. The van der Waals surface area contributed by atoms with E-state index in [-0.39, 0.29) is 12.0 Å². The number of fused-ring (bicyclic) bond motifs is 1. The first kappa shape index (κ1) is 18.3. The van der Waals surface area contributed by atoms with E-state index < -0.39 is 15.3 Å². The Balaban J connectivity index is 1.57. The molecule has 1 N–H and O–H groups in total. The van der Waals surface area contributed by atoms with Crippen molar-refractivity contribution in [3.05, 3.63) is 48.8 Å². The highest BCUT2D eigenvalue weighted by Crippen LogP contribution is 2.30. The number of anilines is 1. The number of sulfonamides is 1. The van der Waals surface area contributed by atoms with Crippen LogP contribution in [-0.4, -0.2) is 54.1 Å². The van der Waals surface area contributed by atoms with E-state index in [1.165, 1.54) is 0 Å². The number of aromatic nitrogens is 2. The molecule has 4 rings (SSSR count). The number of piperidine rings is 1. The third kappa shape index (κ3) is 3.30. The lowest BCUT2D eigenvalue weighted by Crippen LogP contribution is -2.51. The van der Waals surface area contributed by atoms with Crippen molar-refractivity contribution < 1.29 is 8.42 Å². The highest BCUT2D eigenvalue weighted by molar-refractivity contribution is 7.89. The van der Waals surface area contributed by atoms with Crippen molar-refractivity contribution in [1.82, 2.24) is 14.3 Å². The van der Waals surface area contributed by atoms with E-state index in [0.717, 1.165) is 29.6 Å². The molecule has 1 fully saturated rings. The molecule has 1 aliphatic carbocycles. The zero-order chi connectivity index (χ0) is 19.0. The maximum atomic E-state index is 13.2. The minimum absolute atomic E-state index is 0.00205. The highest BCUT2D eigenvalue weighted by atomic mass is 32.2. The second kappa shape index (κ2) is 7.13. The molecule has 1 aliphatic heterocycles. The van der Waals surface area contributed by atoms with E-state index >= 15 is 0 Å². The monoisotopic (exact) mass is 386 g/mol. The summed E-state index contributed by atoms with van der Waals surface area (Å²) in [4.78, 5) is 9.70. The van der Waals surface area contributed by atoms with E-state index in [2.05, 4.69) is 21.9 Å². The molecule has 6 nitrogen and oxygen atoms in total. The van der Waals surface area contributed by atoms with Crippen molar-refractivity contribution in [2.45, 2.75) is 31.1 Å². The van der Waals surface area contributed by atoms with Crippen LogP contribution in [0.4, 0.5) is 5.69 Å². The predicted molar refractivity (Wildman–Crippen MR) is 109 cm³/mol. The van der Waals surface area contributed by atoms with Crippen molar-refractivity contribution >= 4 is 26.7 Å². The molecular formula is C20H26N4O2S. The summed E-state index contributed by atoms with van der Waals surface area (Å²) in [6.45, 7) is 3.09. The Bertz CT molecular complexity index is 979. The highest BCUT2D eigenvalue weighted by Gasteiger charge is 2.37. The average molecular weight is 387 g/mol. The Morgan fingerprint density at radius 2 is 2.07 bits per heavy atom. The summed E-state index contributed by atoms with van der Waals surface area (Å²) in [5.74, 6) is -0.00205. The molecule has 2 unspecified atom stereocenters. The number of rotatable bonds is 4. The topological polar surface area (TPSA) is 69.3 Å². The summed E-state index contributed by atoms with van der Waals surface area (Å²) in [5.41, 5.74) is 1.94. The van der Waals surface area contributed by atoms with Gasteiger partial charge in [0.25, 0.3) is 0 Å². The Labute approximate surface area is 160 Å². The third-order valence-electron chi connectivity index (χ3n) is 5.77. The number of likely N-dealkylation sites (N-methyl/N-ethyl adjacent to an activating group) is 1. The molecule has 2 aromatic rings. The summed E-state index contributed by atoms with van der Waals surface area (Å²) in [7, 11) is -1.31. The molecule has 0 spiro atoms. The summed E-state index contributed by atoms with van der Waals surface area (Å²) >= 11 is 0. The van der Waals surface area contributed by atoms with E-state index in [9.17, 15) is 8.42 Å². The van der Waals surface area contributed by atoms with E-state index in [0.29, 0.717) is 13.1 Å². The number of nitrogens with zero attached hydrogens (tertiary/aromatic N) is 3. The SMILES string of the molecule is CC1C=CC=CC1S(=O)(=O)N1CCC[C@@H](N(C)c2ccnc3[nH]ccc23)C1. The van der Waals surface area contributed by atoms with Crippen molar-refractivity contribution in [2.75, 3.05) is 25.0 Å². The summed E-state index contributed by atoms with van der Waals surface area (Å²) < 4.78 is 28.2. The number of allylic oxidation sites excluding steroid dienone is 3. The normalized spacial score (nSPS) is 26.5. The van der Waals surface area contributed by atoms with Crippen LogP contribution in [-0.2, 0) is 10.0 Å². The molecule has 27 heavy (non-hydrogen) atoms. The van der Waals surface area contributed by atoms with Crippen LogP contribution in [0.2, 0.25) is 0 Å². The number of aromatic amines is 1. The molecule has 0 bridgehead atoms. The summed E-state index contributed by atoms with van der Waals surface area (Å²) in [6, 6.07) is 4.17. The van der Waals surface area contributed by atoms with Crippen molar-refractivity contribution in [2.24, 2.45) is 5.92 Å². The molecule has 0 saturated carbocycles. The fraction of sp³-hybridized carbons (Fsp3) is 0.450. The van der Waals surface area contributed by atoms with Crippen molar-refractivity contribution in [3.8, 4) is 0 Å². The number of hydrogen-bond donors (Lipinski definition) is 1. The molecule has 144 valence electrons. The van der Waals surface area contributed by atoms with Gasteiger partial charge in [0.2, 0.25) is 10.0 Å². The van der Waals surface area contributed by atoms with Crippen LogP contribution < -0.4 is 4.90 Å². The lowest BCUT2D eigenvalue weighted by molar-refractivity contribution is 0.307. The number of hydrogen-bond acceptors (Lipinski definition) is 4.